The maximum absolute atomic E-state index is 14.0. The zero-order valence-corrected chi connectivity index (χ0v) is 20.6. The molecule has 2 amide bonds. The van der Waals surface area contributed by atoms with Crippen LogP contribution < -0.4 is 10.2 Å². The van der Waals surface area contributed by atoms with Crippen molar-refractivity contribution in [2.75, 3.05) is 4.90 Å². The summed E-state index contributed by atoms with van der Waals surface area (Å²) in [5.41, 5.74) is 3.58. The molecule has 2 aliphatic rings. The third-order valence-corrected chi connectivity index (χ3v) is 8.29. The van der Waals surface area contributed by atoms with Crippen LogP contribution in [0.1, 0.15) is 73.5 Å². The van der Waals surface area contributed by atoms with Crippen molar-refractivity contribution in [3.05, 3.63) is 52.5 Å². The van der Waals surface area contributed by atoms with E-state index in [4.69, 9.17) is 0 Å². The summed E-state index contributed by atoms with van der Waals surface area (Å²) in [6, 6.07) is 10.3. The number of fused-ring (bicyclic) bond motifs is 3. The first kappa shape index (κ1) is 22.2. The number of amides is 2. The predicted octanol–water partition coefficient (Wildman–Crippen LogP) is 5.97. The Morgan fingerprint density at radius 3 is 2.55 bits per heavy atom. The second-order valence-corrected chi connectivity index (χ2v) is 11.0. The van der Waals surface area contributed by atoms with E-state index in [0.717, 1.165) is 52.7 Å². The maximum Gasteiger partial charge on any atom is 0.275 e. The number of rotatable bonds is 3. The zero-order valence-electron chi connectivity index (χ0n) is 19.8. The van der Waals surface area contributed by atoms with Gasteiger partial charge in [-0.2, -0.15) is 0 Å². The van der Waals surface area contributed by atoms with Gasteiger partial charge in [0, 0.05) is 11.7 Å². The lowest BCUT2D eigenvalue weighted by molar-refractivity contribution is -0.127. The second kappa shape index (κ2) is 8.64. The number of aromatic nitrogens is 1. The van der Waals surface area contributed by atoms with Gasteiger partial charge in [0.05, 0.1) is 16.8 Å². The number of hydrogen-bond donors (Lipinski definition) is 1. The Bertz CT molecular complexity index is 1200. The van der Waals surface area contributed by atoms with Gasteiger partial charge in [0.15, 0.2) is 0 Å². The Balaban J connectivity index is 1.58. The third kappa shape index (κ3) is 3.88. The monoisotopic (exact) mass is 463 g/mol. The van der Waals surface area contributed by atoms with E-state index < -0.39 is 5.54 Å². The molecule has 1 fully saturated rings. The van der Waals surface area contributed by atoms with Crippen molar-refractivity contribution in [2.45, 2.75) is 83.8 Å². The van der Waals surface area contributed by atoms with E-state index in [1.165, 1.54) is 19.3 Å². The molecule has 1 atom stereocenters. The van der Waals surface area contributed by atoms with Gasteiger partial charge in [-0.25, -0.2) is 0 Å². The summed E-state index contributed by atoms with van der Waals surface area (Å²) in [4.78, 5) is 29.8. The van der Waals surface area contributed by atoms with Gasteiger partial charge in [-0.15, -0.1) is 11.3 Å². The summed E-state index contributed by atoms with van der Waals surface area (Å²) >= 11 is 1.63. The average molecular weight is 464 g/mol. The molecule has 6 heteroatoms. The van der Waals surface area contributed by atoms with E-state index in [2.05, 4.69) is 17.4 Å². The quantitative estimate of drug-likeness (QED) is 0.520. The average Bonchev–Trinajstić information content (AvgIpc) is 3.35. The van der Waals surface area contributed by atoms with Gasteiger partial charge >= 0.3 is 0 Å². The van der Waals surface area contributed by atoms with Gasteiger partial charge in [0.25, 0.3) is 5.91 Å². The number of thiophene rings is 1. The summed E-state index contributed by atoms with van der Waals surface area (Å²) in [7, 11) is 0. The molecule has 0 spiro atoms. The van der Waals surface area contributed by atoms with Gasteiger partial charge in [0.2, 0.25) is 5.91 Å². The Kier molecular flexibility index (Phi) is 5.81. The Morgan fingerprint density at radius 2 is 1.79 bits per heavy atom. The maximum atomic E-state index is 14.0. The molecule has 5 nitrogen and oxygen atoms in total. The predicted molar refractivity (Wildman–Crippen MR) is 135 cm³/mol. The van der Waals surface area contributed by atoms with Gasteiger partial charge in [0.1, 0.15) is 11.2 Å². The van der Waals surface area contributed by atoms with Crippen LogP contribution in [0.2, 0.25) is 0 Å². The SMILES string of the molecule is Cc1ccc(C)c(N2C(=O)c3cc4sccc4n3C[C@@]2(C)C(=O)NC2CCCCCCC2)c1. The van der Waals surface area contributed by atoms with E-state index >= 15 is 0 Å². The van der Waals surface area contributed by atoms with Gasteiger partial charge in [-0.1, -0.05) is 44.2 Å². The van der Waals surface area contributed by atoms with Gasteiger partial charge < -0.3 is 9.88 Å². The number of carbonyl (C=O) groups excluding carboxylic acids is 2. The minimum Gasteiger partial charge on any atom is -0.351 e. The van der Waals surface area contributed by atoms with E-state index in [1.54, 1.807) is 16.2 Å². The highest BCUT2D eigenvalue weighted by Crippen LogP contribution is 2.38. The molecule has 1 N–H and O–H groups in total. The first-order chi connectivity index (χ1) is 15.9. The van der Waals surface area contributed by atoms with Crippen LogP contribution in [0.5, 0.6) is 0 Å². The fourth-order valence-electron chi connectivity index (χ4n) is 5.49. The highest BCUT2D eigenvalue weighted by atomic mass is 32.1. The molecular weight excluding hydrogens is 430 g/mol. The largest absolute Gasteiger partial charge is 0.351 e. The molecular formula is C27H33N3O2S. The molecule has 3 heterocycles. The lowest BCUT2D eigenvalue weighted by Gasteiger charge is -2.45. The van der Waals surface area contributed by atoms with Crippen molar-refractivity contribution in [3.63, 3.8) is 0 Å². The fraction of sp³-hybridized carbons (Fsp3) is 0.481. The van der Waals surface area contributed by atoms with Crippen molar-refractivity contribution < 1.29 is 9.59 Å². The summed E-state index contributed by atoms with van der Waals surface area (Å²) in [6.07, 6.45) is 8.10. The molecule has 0 radical (unpaired) electrons. The number of aryl methyl sites for hydroxylation is 2. The molecule has 5 rings (SSSR count). The highest BCUT2D eigenvalue weighted by molar-refractivity contribution is 7.17. The lowest BCUT2D eigenvalue weighted by atomic mass is 9.90. The van der Waals surface area contributed by atoms with Crippen molar-refractivity contribution in [1.82, 2.24) is 9.88 Å². The first-order valence-corrected chi connectivity index (χ1v) is 13.1. The molecule has 0 unspecified atom stereocenters. The van der Waals surface area contributed by atoms with E-state index in [9.17, 15) is 9.59 Å². The van der Waals surface area contributed by atoms with Gasteiger partial charge in [-0.3, -0.25) is 14.5 Å². The van der Waals surface area contributed by atoms with Crippen molar-refractivity contribution >= 4 is 39.1 Å². The van der Waals surface area contributed by atoms with Crippen LogP contribution in [-0.2, 0) is 11.3 Å². The minimum atomic E-state index is -1.01. The van der Waals surface area contributed by atoms with Crippen molar-refractivity contribution in [1.29, 1.82) is 0 Å². The zero-order chi connectivity index (χ0) is 23.2. The minimum absolute atomic E-state index is 0.0509. The third-order valence-electron chi connectivity index (χ3n) is 7.44. The molecule has 1 aliphatic heterocycles. The van der Waals surface area contributed by atoms with E-state index in [1.807, 2.05) is 48.9 Å². The molecule has 1 saturated carbocycles. The Hall–Kier alpha value is -2.60. The smallest absolute Gasteiger partial charge is 0.275 e. The van der Waals surface area contributed by atoms with Crippen LogP contribution in [-0.4, -0.2) is 28.0 Å². The van der Waals surface area contributed by atoms with Crippen LogP contribution in [0.3, 0.4) is 0 Å². The lowest BCUT2D eigenvalue weighted by Crippen LogP contribution is -2.65. The van der Waals surface area contributed by atoms with Crippen molar-refractivity contribution in [3.8, 4) is 0 Å². The van der Waals surface area contributed by atoms with E-state index in [0.29, 0.717) is 12.2 Å². The standard InChI is InChI=1S/C27H33N3O2S/c1-18-11-12-19(2)22(15-18)30-25(31)23-16-24-21(13-14-33-24)29(23)17-27(30,3)26(32)28-20-9-7-5-4-6-8-10-20/h11-16,20H,4-10,17H2,1-3H3,(H,28,32)/t27-/m0/s1. The topological polar surface area (TPSA) is 54.3 Å². The van der Waals surface area contributed by atoms with Crippen LogP contribution in [0.4, 0.5) is 5.69 Å². The van der Waals surface area contributed by atoms with Crippen LogP contribution >= 0.6 is 11.3 Å². The van der Waals surface area contributed by atoms with Crippen LogP contribution in [0, 0.1) is 13.8 Å². The molecule has 0 bridgehead atoms. The molecule has 174 valence electrons. The Labute approximate surface area is 199 Å². The number of carbonyl (C=O) groups is 2. The highest BCUT2D eigenvalue weighted by Gasteiger charge is 2.49. The molecule has 0 saturated heterocycles. The molecule has 3 aromatic rings. The van der Waals surface area contributed by atoms with Crippen LogP contribution in [0.25, 0.3) is 10.2 Å². The van der Waals surface area contributed by atoms with E-state index in [-0.39, 0.29) is 17.9 Å². The van der Waals surface area contributed by atoms with Gasteiger partial charge in [-0.05, 0) is 68.3 Å². The number of hydrogen-bond acceptors (Lipinski definition) is 3. The summed E-state index contributed by atoms with van der Waals surface area (Å²) in [5.74, 6) is -0.154. The molecule has 1 aromatic carbocycles. The number of anilines is 1. The summed E-state index contributed by atoms with van der Waals surface area (Å²) in [5, 5.41) is 5.42. The molecule has 33 heavy (non-hydrogen) atoms. The second-order valence-electron chi connectivity index (χ2n) is 10.0. The Morgan fingerprint density at radius 1 is 1.06 bits per heavy atom. The summed E-state index contributed by atoms with van der Waals surface area (Å²) in [6.45, 7) is 6.43. The van der Waals surface area contributed by atoms with Crippen LogP contribution in [0.15, 0.2) is 35.7 Å². The summed E-state index contributed by atoms with van der Waals surface area (Å²) < 4.78 is 3.14. The number of benzene rings is 1. The van der Waals surface area contributed by atoms with Crippen molar-refractivity contribution in [2.24, 2.45) is 0 Å². The fourth-order valence-corrected chi connectivity index (χ4v) is 6.31. The normalized spacial score (nSPS) is 22.2. The number of nitrogens with one attached hydrogen (secondary N) is 1. The first-order valence-electron chi connectivity index (χ1n) is 12.2. The molecule has 2 aromatic heterocycles. The molecule has 1 aliphatic carbocycles. The number of nitrogens with zero attached hydrogens (tertiary/aromatic N) is 2.